The van der Waals surface area contributed by atoms with Gasteiger partial charge in [-0.15, -0.1) is 0 Å². The highest BCUT2D eigenvalue weighted by Gasteiger charge is 2.44. The van der Waals surface area contributed by atoms with Crippen LogP contribution in [0.3, 0.4) is 0 Å². The van der Waals surface area contributed by atoms with E-state index in [9.17, 15) is 39.6 Å². The Morgan fingerprint density at radius 3 is 2.41 bits per heavy atom. The van der Waals surface area contributed by atoms with Crippen LogP contribution in [0.1, 0.15) is 87.3 Å². The number of hydrogen-bond donors (Lipinski definition) is 4. The quantitative estimate of drug-likeness (QED) is 0.358. The Morgan fingerprint density at radius 2 is 1.76 bits per heavy atom. The van der Waals surface area contributed by atoms with Gasteiger partial charge in [-0.1, -0.05) is 24.9 Å². The molecule has 12 heteroatoms. The number of ether oxygens (including phenoxy) is 1. The fourth-order valence-electron chi connectivity index (χ4n) is 6.38. The monoisotopic (exact) mass is 583 g/mol. The van der Waals surface area contributed by atoms with Gasteiger partial charge in [-0.05, 0) is 19.3 Å². The largest absolute Gasteiger partial charge is 0.506 e. The molecule has 11 nitrogen and oxygen atoms in total. The minimum Gasteiger partial charge on any atom is -0.506 e. The molecule has 2 heterocycles. The lowest BCUT2D eigenvalue weighted by Crippen LogP contribution is -2.36. The highest BCUT2D eigenvalue weighted by Crippen LogP contribution is 2.51. The molecule has 3 aliphatic carbocycles. The van der Waals surface area contributed by atoms with Gasteiger partial charge in [-0.3, -0.25) is 19.2 Å². The molecule has 0 aliphatic heterocycles. The van der Waals surface area contributed by atoms with E-state index in [0.29, 0.717) is 18.5 Å². The maximum atomic E-state index is 14.1. The number of benzene rings is 1. The number of aromatic hydroxyl groups is 1. The van der Waals surface area contributed by atoms with Crippen LogP contribution in [0, 0.1) is 0 Å². The fraction of sp³-hybridized carbons (Fsp3) is 0.379. The summed E-state index contributed by atoms with van der Waals surface area (Å²) < 4.78 is 12.7. The predicted octanol–water partition coefficient (Wildman–Crippen LogP) is 2.42. The lowest BCUT2D eigenvalue weighted by molar-refractivity contribution is -0.0373. The number of rotatable bonds is 3. The van der Waals surface area contributed by atoms with Gasteiger partial charge < -0.3 is 34.1 Å². The van der Waals surface area contributed by atoms with Gasteiger partial charge in [-0.2, -0.15) is 0 Å². The Morgan fingerprint density at radius 1 is 1.05 bits per heavy atom. The van der Waals surface area contributed by atoms with Crippen LogP contribution in [0.15, 0.2) is 19.6 Å². The average molecular weight is 584 g/mol. The molecule has 6 rings (SSSR count). The second-order valence-corrected chi connectivity index (χ2v) is 10.9. The number of phenolic OH excluding ortho intramolecular Hbond substituents is 1. The Balaban J connectivity index is 1.70. The van der Waals surface area contributed by atoms with E-state index >= 15 is 0 Å². The number of methoxy groups -OCH3 is 1. The Labute approximate surface area is 236 Å². The molecule has 2 aromatic heterocycles. The summed E-state index contributed by atoms with van der Waals surface area (Å²) >= 11 is 6.61. The predicted molar refractivity (Wildman–Crippen MR) is 146 cm³/mol. The molecule has 0 saturated heterocycles. The number of carbonyl (C=O) groups is 2. The van der Waals surface area contributed by atoms with Gasteiger partial charge in [0, 0.05) is 41.4 Å². The number of allylic oxidation sites excluding steroid dienone is 2. The summed E-state index contributed by atoms with van der Waals surface area (Å²) in [6.45, 7) is 1.89. The normalized spacial score (nSPS) is 21.5. The van der Waals surface area contributed by atoms with Crippen LogP contribution in [0.25, 0.3) is 16.5 Å². The molecule has 0 unspecified atom stereocenters. The number of nitrogens with zero attached hydrogens (tertiary/aromatic N) is 1. The van der Waals surface area contributed by atoms with E-state index in [-0.39, 0.29) is 69.2 Å². The first kappa shape index (κ1) is 27.4. The molecule has 0 amide bonds. The summed E-state index contributed by atoms with van der Waals surface area (Å²) in [5.74, 6) is -2.43. The Hall–Kier alpha value is -3.77. The van der Waals surface area contributed by atoms with Gasteiger partial charge >= 0.3 is 0 Å². The molecule has 1 aromatic carbocycles. The minimum atomic E-state index is -1.71. The van der Waals surface area contributed by atoms with Crippen molar-refractivity contribution in [2.45, 2.75) is 57.3 Å². The van der Waals surface area contributed by atoms with E-state index in [4.69, 9.17) is 20.8 Å². The lowest BCUT2D eigenvalue weighted by atomic mass is 9.73. The van der Waals surface area contributed by atoms with Crippen molar-refractivity contribution in [3.05, 3.63) is 70.4 Å². The van der Waals surface area contributed by atoms with Crippen LogP contribution in [0.2, 0.25) is 5.02 Å². The first-order chi connectivity index (χ1) is 19.5. The molecule has 4 N–H and O–H groups in total. The van der Waals surface area contributed by atoms with Crippen LogP contribution in [-0.2, 0) is 19.9 Å². The van der Waals surface area contributed by atoms with Crippen molar-refractivity contribution in [3.63, 3.8) is 0 Å². The molecule has 3 aliphatic rings. The molecule has 214 valence electrons. The average Bonchev–Trinajstić information content (AvgIpc) is 2.94. The van der Waals surface area contributed by atoms with E-state index in [0.717, 1.165) is 0 Å². The van der Waals surface area contributed by atoms with Gasteiger partial charge in [0.15, 0.2) is 17.1 Å². The number of halogens is 1. The smallest absolute Gasteiger partial charge is 0.262 e. The van der Waals surface area contributed by atoms with E-state index in [1.54, 1.807) is 0 Å². The summed E-state index contributed by atoms with van der Waals surface area (Å²) in [7, 11) is 2.75. The van der Waals surface area contributed by atoms with Gasteiger partial charge in [0.1, 0.15) is 34.7 Å². The minimum absolute atomic E-state index is 0.0117. The standard InChI is InChI=1S/C29H26ClNO10/c1-4-5-11-20(30)16-17(29(39)31(11)2)23(36)14-9(21(16)34)6-7-10-15(14)24(37)19-25(38)18-22(35)12(32)8-13(33)27(18)41-28(19)26(10)40-3/h12-13,22,32-33,35,37H,4-8H2,1-3H3/t12-,13-,22-/m0/s1. The van der Waals surface area contributed by atoms with Crippen LogP contribution in [0.4, 0.5) is 0 Å². The van der Waals surface area contributed by atoms with Crippen LogP contribution < -0.4 is 15.7 Å². The SMILES string of the molecule is CCCc1c(Cl)c2c(c(=O)n1C)C(=O)C1=C(CCc3c1c(O)c1c(=O)c4c(oc1c3OC)[C@@H](O)C[C@H](O)[C@@H]4O)C2=O. The molecule has 0 fully saturated rings. The summed E-state index contributed by atoms with van der Waals surface area (Å²) in [4.78, 5) is 55.0. The van der Waals surface area contributed by atoms with E-state index < -0.39 is 63.1 Å². The highest BCUT2D eigenvalue weighted by molar-refractivity contribution is 6.45. The van der Waals surface area contributed by atoms with Crippen molar-refractivity contribution in [3.8, 4) is 11.5 Å². The second kappa shape index (κ2) is 9.38. The number of Topliss-reactive ketones (excluding diaryl/α,β-unsaturated/α-hetero) is 2. The molecular formula is C29H26ClNO10. The summed E-state index contributed by atoms with van der Waals surface area (Å²) in [6, 6.07) is 0. The van der Waals surface area contributed by atoms with Crippen LogP contribution in [-0.4, -0.2) is 49.8 Å². The van der Waals surface area contributed by atoms with Crippen molar-refractivity contribution >= 4 is 39.7 Å². The number of ketones is 2. The number of fused-ring (bicyclic) bond motifs is 5. The molecular weight excluding hydrogens is 558 g/mol. The van der Waals surface area contributed by atoms with Crippen molar-refractivity contribution in [2.75, 3.05) is 7.11 Å². The van der Waals surface area contributed by atoms with Crippen molar-refractivity contribution < 1.29 is 39.2 Å². The second-order valence-electron chi connectivity index (χ2n) is 10.5. The van der Waals surface area contributed by atoms with Gasteiger partial charge in [0.25, 0.3) is 5.56 Å². The number of carbonyl (C=O) groups excluding carboxylic acids is 2. The molecule has 0 bridgehead atoms. The molecule has 0 radical (unpaired) electrons. The molecule has 0 saturated carbocycles. The third-order valence-corrected chi connectivity index (χ3v) is 8.74. The first-order valence-corrected chi connectivity index (χ1v) is 13.5. The summed E-state index contributed by atoms with van der Waals surface area (Å²) in [6.07, 6.45) is -3.68. The zero-order valence-electron chi connectivity index (χ0n) is 22.3. The van der Waals surface area contributed by atoms with Crippen LogP contribution in [0.5, 0.6) is 11.5 Å². The molecule has 3 atom stereocenters. The van der Waals surface area contributed by atoms with Gasteiger partial charge in [0.05, 0.1) is 29.4 Å². The van der Waals surface area contributed by atoms with Crippen LogP contribution >= 0.6 is 11.6 Å². The Kier molecular flexibility index (Phi) is 6.27. The topological polar surface area (TPSA) is 176 Å². The van der Waals surface area contributed by atoms with Crippen molar-refractivity contribution in [1.82, 2.24) is 4.57 Å². The third kappa shape index (κ3) is 3.49. The Bertz CT molecular complexity index is 1880. The van der Waals surface area contributed by atoms with E-state index in [1.165, 1.54) is 18.7 Å². The summed E-state index contributed by atoms with van der Waals surface area (Å²) in [5, 5.41) is 42.4. The number of aliphatic hydroxyl groups excluding tert-OH is 3. The first-order valence-electron chi connectivity index (χ1n) is 13.2. The van der Waals surface area contributed by atoms with Gasteiger partial charge in [-0.25, -0.2) is 0 Å². The maximum absolute atomic E-state index is 14.1. The number of aliphatic hydroxyl groups is 3. The van der Waals surface area contributed by atoms with E-state index in [2.05, 4.69) is 0 Å². The summed E-state index contributed by atoms with van der Waals surface area (Å²) in [5.41, 5.74) is -2.58. The molecule has 3 aromatic rings. The zero-order chi connectivity index (χ0) is 29.7. The third-order valence-electron chi connectivity index (χ3n) is 8.33. The number of hydrogen-bond acceptors (Lipinski definition) is 10. The maximum Gasteiger partial charge on any atom is 0.262 e. The molecule has 41 heavy (non-hydrogen) atoms. The zero-order valence-corrected chi connectivity index (χ0v) is 23.1. The number of pyridine rings is 1. The lowest BCUT2D eigenvalue weighted by Gasteiger charge is -2.31. The highest BCUT2D eigenvalue weighted by atomic mass is 35.5. The van der Waals surface area contributed by atoms with Crippen molar-refractivity contribution in [2.24, 2.45) is 7.05 Å². The number of aromatic nitrogens is 1. The van der Waals surface area contributed by atoms with E-state index in [1.807, 2.05) is 6.92 Å². The molecule has 0 spiro atoms. The van der Waals surface area contributed by atoms with Crippen molar-refractivity contribution in [1.29, 1.82) is 0 Å². The number of phenols is 1. The fourth-order valence-corrected chi connectivity index (χ4v) is 6.79. The van der Waals surface area contributed by atoms with Gasteiger partial charge in [0.2, 0.25) is 11.2 Å².